The van der Waals surface area contributed by atoms with Gasteiger partial charge in [-0.1, -0.05) is 25.7 Å². The maximum Gasteiger partial charge on any atom is 0.324 e. The molecule has 9 nitrogen and oxygen atoms in total. The lowest BCUT2D eigenvalue weighted by molar-refractivity contribution is -0.129. The summed E-state index contributed by atoms with van der Waals surface area (Å²) < 4.78 is 0. The van der Waals surface area contributed by atoms with E-state index < -0.39 is 0 Å². The summed E-state index contributed by atoms with van der Waals surface area (Å²) in [5, 5.41) is 5.85. The first-order valence-electron chi connectivity index (χ1n) is 11.5. The minimum atomic E-state index is -0.330. The summed E-state index contributed by atoms with van der Waals surface area (Å²) in [5.41, 5.74) is 1.19. The SMILES string of the molecule is Cc1ncc(C(=O)NC2CCCCC2)c(C2CCCCN2CC(=O)N2CCNC2=O)n1. The number of carbonyl (C=O) groups is 3. The summed E-state index contributed by atoms with van der Waals surface area (Å²) in [7, 11) is 0. The van der Waals surface area contributed by atoms with Crippen molar-refractivity contribution in [2.24, 2.45) is 0 Å². The largest absolute Gasteiger partial charge is 0.349 e. The number of urea groups is 1. The van der Waals surface area contributed by atoms with Crippen molar-refractivity contribution < 1.29 is 14.4 Å². The smallest absolute Gasteiger partial charge is 0.324 e. The van der Waals surface area contributed by atoms with E-state index >= 15 is 0 Å². The van der Waals surface area contributed by atoms with Crippen molar-refractivity contribution in [3.8, 4) is 0 Å². The standard InChI is InChI=1S/C22H32N6O3/c1-15-24-13-17(21(30)26-16-7-3-2-4-8-16)20(25-15)18-9-5-6-11-27(18)14-19(29)28-12-10-23-22(28)31/h13,16,18H,2-12,14H2,1H3,(H,23,31)(H,26,30). The van der Waals surface area contributed by atoms with Crippen LogP contribution in [0.3, 0.4) is 0 Å². The molecule has 1 saturated carbocycles. The van der Waals surface area contributed by atoms with Crippen molar-refractivity contribution in [1.82, 2.24) is 30.4 Å². The first-order valence-corrected chi connectivity index (χ1v) is 11.5. The van der Waals surface area contributed by atoms with Crippen LogP contribution in [-0.4, -0.2) is 69.8 Å². The molecule has 1 aromatic rings. The highest BCUT2D eigenvalue weighted by Crippen LogP contribution is 2.32. The highest BCUT2D eigenvalue weighted by Gasteiger charge is 2.34. The highest BCUT2D eigenvalue weighted by molar-refractivity contribution is 5.97. The van der Waals surface area contributed by atoms with Gasteiger partial charge >= 0.3 is 6.03 Å². The van der Waals surface area contributed by atoms with Crippen LogP contribution in [0.2, 0.25) is 0 Å². The van der Waals surface area contributed by atoms with Gasteiger partial charge in [-0.15, -0.1) is 0 Å². The lowest BCUT2D eigenvalue weighted by atomic mass is 9.94. The second kappa shape index (κ2) is 9.72. The summed E-state index contributed by atoms with van der Waals surface area (Å²) in [4.78, 5) is 50.1. The second-order valence-corrected chi connectivity index (χ2v) is 8.78. The van der Waals surface area contributed by atoms with Crippen LogP contribution in [0.1, 0.15) is 79.3 Å². The predicted molar refractivity (Wildman–Crippen MR) is 114 cm³/mol. The number of likely N-dealkylation sites (tertiary alicyclic amines) is 1. The molecule has 3 fully saturated rings. The van der Waals surface area contributed by atoms with Gasteiger partial charge in [-0.3, -0.25) is 19.4 Å². The Morgan fingerprint density at radius 1 is 1.13 bits per heavy atom. The van der Waals surface area contributed by atoms with Crippen LogP contribution in [-0.2, 0) is 4.79 Å². The third-order valence-corrected chi connectivity index (χ3v) is 6.55. The molecule has 1 unspecified atom stereocenters. The van der Waals surface area contributed by atoms with Gasteiger partial charge in [-0.25, -0.2) is 14.8 Å². The Balaban J connectivity index is 1.54. The molecule has 0 bridgehead atoms. The third-order valence-electron chi connectivity index (χ3n) is 6.55. The van der Waals surface area contributed by atoms with Crippen LogP contribution >= 0.6 is 0 Å². The van der Waals surface area contributed by atoms with Gasteiger partial charge in [-0.2, -0.15) is 0 Å². The van der Waals surface area contributed by atoms with Gasteiger partial charge < -0.3 is 10.6 Å². The third kappa shape index (κ3) is 5.03. The van der Waals surface area contributed by atoms with Gasteiger partial charge in [0.05, 0.1) is 23.8 Å². The van der Waals surface area contributed by atoms with Crippen LogP contribution in [0.4, 0.5) is 4.79 Å². The van der Waals surface area contributed by atoms with E-state index in [1.807, 2.05) is 6.92 Å². The molecule has 2 saturated heterocycles. The fourth-order valence-corrected chi connectivity index (χ4v) is 4.89. The molecule has 1 aromatic heterocycles. The molecule has 0 radical (unpaired) electrons. The summed E-state index contributed by atoms with van der Waals surface area (Å²) in [6.07, 6.45) is 9.96. The maximum absolute atomic E-state index is 13.1. The minimum absolute atomic E-state index is 0.127. The van der Waals surface area contributed by atoms with Gasteiger partial charge in [0.25, 0.3) is 5.91 Å². The molecule has 4 rings (SSSR count). The Labute approximate surface area is 183 Å². The molecule has 3 heterocycles. The first kappa shape index (κ1) is 21.7. The van der Waals surface area contributed by atoms with Gasteiger partial charge in [0.2, 0.25) is 5.91 Å². The number of rotatable bonds is 5. The lowest BCUT2D eigenvalue weighted by Crippen LogP contribution is -2.45. The molecule has 3 aliphatic rings. The Hall–Kier alpha value is -2.55. The van der Waals surface area contributed by atoms with Crippen molar-refractivity contribution >= 4 is 17.8 Å². The molecule has 9 heteroatoms. The van der Waals surface area contributed by atoms with Gasteiger partial charge in [0.15, 0.2) is 0 Å². The van der Waals surface area contributed by atoms with Crippen molar-refractivity contribution in [3.63, 3.8) is 0 Å². The molecule has 2 aliphatic heterocycles. The number of aromatic nitrogens is 2. The number of hydrogen-bond acceptors (Lipinski definition) is 6. The molecule has 2 N–H and O–H groups in total. The monoisotopic (exact) mass is 428 g/mol. The average Bonchev–Trinajstić information content (AvgIpc) is 3.21. The van der Waals surface area contributed by atoms with E-state index in [0.29, 0.717) is 30.2 Å². The first-order chi connectivity index (χ1) is 15.0. The number of carbonyl (C=O) groups excluding carboxylic acids is 3. The van der Waals surface area contributed by atoms with E-state index in [0.717, 1.165) is 51.5 Å². The minimum Gasteiger partial charge on any atom is -0.349 e. The van der Waals surface area contributed by atoms with E-state index in [1.54, 1.807) is 6.20 Å². The van der Waals surface area contributed by atoms with Crippen LogP contribution in [0.5, 0.6) is 0 Å². The van der Waals surface area contributed by atoms with Crippen molar-refractivity contribution in [1.29, 1.82) is 0 Å². The highest BCUT2D eigenvalue weighted by atomic mass is 16.2. The van der Waals surface area contributed by atoms with E-state index in [1.165, 1.54) is 11.3 Å². The van der Waals surface area contributed by atoms with Crippen molar-refractivity contribution in [2.45, 2.75) is 70.4 Å². The van der Waals surface area contributed by atoms with E-state index in [4.69, 9.17) is 0 Å². The zero-order valence-electron chi connectivity index (χ0n) is 18.2. The topological polar surface area (TPSA) is 108 Å². The Kier molecular flexibility index (Phi) is 6.80. The van der Waals surface area contributed by atoms with Crippen LogP contribution in [0.25, 0.3) is 0 Å². The van der Waals surface area contributed by atoms with Crippen LogP contribution in [0, 0.1) is 6.92 Å². The molecule has 0 aromatic carbocycles. The Morgan fingerprint density at radius 3 is 2.65 bits per heavy atom. The summed E-state index contributed by atoms with van der Waals surface area (Å²) >= 11 is 0. The summed E-state index contributed by atoms with van der Waals surface area (Å²) in [6, 6.07) is -0.269. The molecule has 1 atom stereocenters. The number of nitrogens with one attached hydrogen (secondary N) is 2. The number of piperidine rings is 1. The van der Waals surface area contributed by atoms with Gasteiger partial charge in [0, 0.05) is 25.3 Å². The fourth-order valence-electron chi connectivity index (χ4n) is 4.89. The lowest BCUT2D eigenvalue weighted by Gasteiger charge is -2.36. The summed E-state index contributed by atoms with van der Waals surface area (Å²) in [5.74, 6) is 0.276. The summed E-state index contributed by atoms with van der Waals surface area (Å²) in [6.45, 7) is 3.59. The molecule has 168 valence electrons. The van der Waals surface area contributed by atoms with Crippen molar-refractivity contribution in [3.05, 3.63) is 23.3 Å². The Bertz CT molecular complexity index is 839. The quantitative estimate of drug-likeness (QED) is 0.742. The zero-order valence-corrected chi connectivity index (χ0v) is 18.2. The molecule has 4 amide bonds. The van der Waals surface area contributed by atoms with Gasteiger partial charge in [-0.05, 0) is 39.2 Å². The van der Waals surface area contributed by atoms with Gasteiger partial charge in [0.1, 0.15) is 5.82 Å². The molecule has 1 aliphatic carbocycles. The van der Waals surface area contributed by atoms with Crippen molar-refractivity contribution in [2.75, 3.05) is 26.2 Å². The molecular weight excluding hydrogens is 396 g/mol. The van der Waals surface area contributed by atoms with Crippen LogP contribution in [0.15, 0.2) is 6.20 Å². The molecule has 31 heavy (non-hydrogen) atoms. The predicted octanol–water partition coefficient (Wildman–Crippen LogP) is 1.93. The fraction of sp³-hybridized carbons (Fsp3) is 0.682. The number of nitrogens with zero attached hydrogens (tertiary/aromatic N) is 4. The van der Waals surface area contributed by atoms with E-state index in [9.17, 15) is 14.4 Å². The zero-order chi connectivity index (χ0) is 21.8. The normalized spacial score (nSPS) is 22.9. The van der Waals surface area contributed by atoms with E-state index in [-0.39, 0.29) is 36.5 Å². The second-order valence-electron chi connectivity index (χ2n) is 8.78. The maximum atomic E-state index is 13.1. The number of imide groups is 1. The number of amides is 4. The molecule has 0 spiro atoms. The average molecular weight is 429 g/mol. The van der Waals surface area contributed by atoms with Crippen LogP contribution < -0.4 is 10.6 Å². The van der Waals surface area contributed by atoms with E-state index in [2.05, 4.69) is 25.5 Å². The Morgan fingerprint density at radius 2 is 1.90 bits per heavy atom. The number of hydrogen-bond donors (Lipinski definition) is 2. The molecular formula is C22H32N6O3. The number of aryl methyl sites for hydroxylation is 1.